The van der Waals surface area contributed by atoms with Gasteiger partial charge in [-0.25, -0.2) is 0 Å². The number of carbonyl (C=O) groups is 1. The van der Waals surface area contributed by atoms with Gasteiger partial charge in [-0.1, -0.05) is 0 Å². The SMILES string of the molecule is O=C(O)CCC1(O)CCOCC1. The molecule has 0 aromatic rings. The Bertz CT molecular complexity index is 160. The van der Waals surface area contributed by atoms with Crippen LogP contribution in [0.3, 0.4) is 0 Å². The number of hydrogen-bond acceptors (Lipinski definition) is 3. The number of carboxylic acid groups (broad SMARTS) is 1. The fourth-order valence-electron chi connectivity index (χ4n) is 1.34. The van der Waals surface area contributed by atoms with E-state index in [-0.39, 0.29) is 6.42 Å². The Morgan fingerprint density at radius 2 is 2.00 bits per heavy atom. The molecule has 1 aliphatic heterocycles. The minimum Gasteiger partial charge on any atom is -0.481 e. The Balaban J connectivity index is 2.31. The summed E-state index contributed by atoms with van der Waals surface area (Å²) < 4.78 is 5.06. The minimum absolute atomic E-state index is 0.0382. The van der Waals surface area contributed by atoms with Gasteiger partial charge in [0.05, 0.1) is 5.60 Å². The maximum atomic E-state index is 10.2. The van der Waals surface area contributed by atoms with E-state index in [1.165, 1.54) is 0 Å². The van der Waals surface area contributed by atoms with Crippen LogP contribution in [-0.2, 0) is 9.53 Å². The van der Waals surface area contributed by atoms with Crippen molar-refractivity contribution in [3.8, 4) is 0 Å². The van der Waals surface area contributed by atoms with Crippen molar-refractivity contribution >= 4 is 5.97 Å². The van der Waals surface area contributed by atoms with Crippen molar-refractivity contribution in [1.82, 2.24) is 0 Å². The van der Waals surface area contributed by atoms with Crippen LogP contribution in [0.2, 0.25) is 0 Å². The largest absolute Gasteiger partial charge is 0.481 e. The highest BCUT2D eigenvalue weighted by atomic mass is 16.5. The lowest BCUT2D eigenvalue weighted by Gasteiger charge is -2.31. The average Bonchev–Trinajstić information content (AvgIpc) is 2.03. The molecule has 0 amide bonds. The second-order valence-electron chi connectivity index (χ2n) is 3.23. The van der Waals surface area contributed by atoms with Gasteiger partial charge in [0.2, 0.25) is 0 Å². The predicted octanol–water partition coefficient (Wildman–Crippen LogP) is 0.393. The molecule has 0 bridgehead atoms. The summed E-state index contributed by atoms with van der Waals surface area (Å²) in [5.41, 5.74) is -0.795. The van der Waals surface area contributed by atoms with Crippen molar-refractivity contribution < 1.29 is 19.7 Å². The Labute approximate surface area is 71.2 Å². The number of hydrogen-bond donors (Lipinski definition) is 2. The normalized spacial score (nSPS) is 22.1. The van der Waals surface area contributed by atoms with Gasteiger partial charge in [-0.05, 0) is 19.3 Å². The zero-order chi connectivity index (χ0) is 9.03. The van der Waals surface area contributed by atoms with Crippen LogP contribution < -0.4 is 0 Å². The van der Waals surface area contributed by atoms with E-state index in [1.54, 1.807) is 0 Å². The zero-order valence-electron chi connectivity index (χ0n) is 6.95. The molecule has 1 aliphatic rings. The molecule has 1 heterocycles. The first-order valence-electron chi connectivity index (χ1n) is 4.14. The quantitative estimate of drug-likeness (QED) is 0.649. The summed E-state index contributed by atoms with van der Waals surface area (Å²) in [6.07, 6.45) is 1.49. The smallest absolute Gasteiger partial charge is 0.303 e. The van der Waals surface area contributed by atoms with Gasteiger partial charge < -0.3 is 14.9 Å². The van der Waals surface area contributed by atoms with Gasteiger partial charge in [0.15, 0.2) is 0 Å². The Kier molecular flexibility index (Phi) is 3.05. The molecule has 1 saturated heterocycles. The molecule has 1 fully saturated rings. The lowest BCUT2D eigenvalue weighted by molar-refractivity contribution is -0.139. The molecule has 0 atom stereocenters. The van der Waals surface area contributed by atoms with E-state index in [0.29, 0.717) is 32.5 Å². The Morgan fingerprint density at radius 3 is 2.50 bits per heavy atom. The molecule has 0 spiro atoms. The summed E-state index contributed by atoms with van der Waals surface area (Å²) in [7, 11) is 0. The molecule has 70 valence electrons. The molecule has 0 aliphatic carbocycles. The van der Waals surface area contributed by atoms with E-state index in [9.17, 15) is 9.90 Å². The molecule has 4 nitrogen and oxygen atoms in total. The van der Waals surface area contributed by atoms with Crippen molar-refractivity contribution in [3.05, 3.63) is 0 Å². The average molecular weight is 174 g/mol. The van der Waals surface area contributed by atoms with Crippen LogP contribution in [-0.4, -0.2) is 35.0 Å². The summed E-state index contributed by atoms with van der Waals surface area (Å²) in [6.45, 7) is 1.08. The van der Waals surface area contributed by atoms with Crippen LogP contribution in [0.5, 0.6) is 0 Å². The maximum Gasteiger partial charge on any atom is 0.303 e. The van der Waals surface area contributed by atoms with E-state index in [2.05, 4.69) is 0 Å². The molecule has 2 N–H and O–H groups in total. The van der Waals surface area contributed by atoms with E-state index in [0.717, 1.165) is 0 Å². The Hall–Kier alpha value is -0.610. The van der Waals surface area contributed by atoms with Gasteiger partial charge in [0, 0.05) is 19.6 Å². The first-order chi connectivity index (χ1) is 5.62. The predicted molar refractivity (Wildman–Crippen MR) is 41.9 cm³/mol. The molecule has 0 radical (unpaired) electrons. The second kappa shape index (κ2) is 3.87. The van der Waals surface area contributed by atoms with E-state index >= 15 is 0 Å². The van der Waals surface area contributed by atoms with Crippen molar-refractivity contribution in [2.45, 2.75) is 31.3 Å². The van der Waals surface area contributed by atoms with Gasteiger partial charge in [0.25, 0.3) is 0 Å². The van der Waals surface area contributed by atoms with Gasteiger partial charge in [-0.15, -0.1) is 0 Å². The summed E-state index contributed by atoms with van der Waals surface area (Å²) in [5, 5.41) is 18.2. The van der Waals surface area contributed by atoms with E-state index < -0.39 is 11.6 Å². The monoisotopic (exact) mass is 174 g/mol. The molecule has 0 aromatic heterocycles. The van der Waals surface area contributed by atoms with E-state index in [4.69, 9.17) is 9.84 Å². The third-order valence-corrected chi connectivity index (χ3v) is 2.23. The van der Waals surface area contributed by atoms with Gasteiger partial charge in [-0.3, -0.25) is 4.79 Å². The fraction of sp³-hybridized carbons (Fsp3) is 0.875. The first kappa shape index (κ1) is 9.48. The molecule has 0 aromatic carbocycles. The lowest BCUT2D eigenvalue weighted by atomic mass is 9.89. The highest BCUT2D eigenvalue weighted by molar-refractivity contribution is 5.66. The van der Waals surface area contributed by atoms with Crippen LogP contribution in [0, 0.1) is 0 Å². The maximum absolute atomic E-state index is 10.2. The van der Waals surface area contributed by atoms with E-state index in [1.807, 2.05) is 0 Å². The number of ether oxygens (including phenoxy) is 1. The molecule has 4 heteroatoms. The molecule has 12 heavy (non-hydrogen) atoms. The highest BCUT2D eigenvalue weighted by Crippen LogP contribution is 2.25. The summed E-state index contributed by atoms with van der Waals surface area (Å²) >= 11 is 0. The van der Waals surface area contributed by atoms with Gasteiger partial charge in [0.1, 0.15) is 0 Å². The second-order valence-corrected chi connectivity index (χ2v) is 3.23. The van der Waals surface area contributed by atoms with Crippen LogP contribution in [0.1, 0.15) is 25.7 Å². The molecule has 0 unspecified atom stereocenters. The lowest BCUT2D eigenvalue weighted by Crippen LogP contribution is -2.36. The van der Waals surface area contributed by atoms with Crippen LogP contribution in [0.4, 0.5) is 0 Å². The summed E-state index contributed by atoms with van der Waals surface area (Å²) in [5.74, 6) is -0.852. The molecule has 1 rings (SSSR count). The molecular weight excluding hydrogens is 160 g/mol. The minimum atomic E-state index is -0.852. The summed E-state index contributed by atoms with van der Waals surface area (Å²) in [4.78, 5) is 10.2. The first-order valence-corrected chi connectivity index (χ1v) is 4.14. The standard InChI is InChI=1S/C8H14O4/c9-7(10)1-2-8(11)3-5-12-6-4-8/h11H,1-6H2,(H,9,10). The third kappa shape index (κ3) is 2.79. The van der Waals surface area contributed by atoms with Crippen LogP contribution >= 0.6 is 0 Å². The van der Waals surface area contributed by atoms with Crippen molar-refractivity contribution in [1.29, 1.82) is 0 Å². The third-order valence-electron chi connectivity index (χ3n) is 2.23. The van der Waals surface area contributed by atoms with Crippen LogP contribution in [0.15, 0.2) is 0 Å². The fourth-order valence-corrected chi connectivity index (χ4v) is 1.34. The summed E-state index contributed by atoms with van der Waals surface area (Å²) in [6, 6.07) is 0. The Morgan fingerprint density at radius 1 is 1.42 bits per heavy atom. The highest BCUT2D eigenvalue weighted by Gasteiger charge is 2.29. The number of aliphatic carboxylic acids is 1. The number of carboxylic acids is 1. The van der Waals surface area contributed by atoms with Gasteiger partial charge >= 0.3 is 5.97 Å². The zero-order valence-corrected chi connectivity index (χ0v) is 6.95. The van der Waals surface area contributed by atoms with Crippen LogP contribution in [0.25, 0.3) is 0 Å². The molecular formula is C8H14O4. The van der Waals surface area contributed by atoms with Crippen molar-refractivity contribution in [2.24, 2.45) is 0 Å². The topological polar surface area (TPSA) is 66.8 Å². The molecule has 0 saturated carbocycles. The van der Waals surface area contributed by atoms with Crippen molar-refractivity contribution in [3.63, 3.8) is 0 Å². The van der Waals surface area contributed by atoms with Gasteiger partial charge in [-0.2, -0.15) is 0 Å². The number of rotatable bonds is 3. The number of aliphatic hydroxyl groups is 1. The van der Waals surface area contributed by atoms with Crippen molar-refractivity contribution in [2.75, 3.05) is 13.2 Å².